The molecule has 0 unspecified atom stereocenters. The van der Waals surface area contributed by atoms with Crippen LogP contribution in [0.15, 0.2) is 24.3 Å². The Hall–Kier alpha value is -1.10. The minimum absolute atomic E-state index is 0. The number of nitrogens with one attached hydrogen (secondary N) is 2. The smallest absolute Gasteiger partial charge is 0.238 e. The number of hydrogen-bond acceptors (Lipinski definition) is 3. The number of hydrogen-bond donors (Lipinski definition) is 2. The molecule has 0 spiro atoms. The van der Waals surface area contributed by atoms with E-state index in [0.717, 1.165) is 23.7 Å². The molecule has 1 fully saturated rings. The van der Waals surface area contributed by atoms with E-state index in [0.29, 0.717) is 13.2 Å². The van der Waals surface area contributed by atoms with Crippen molar-refractivity contribution in [2.75, 3.05) is 18.4 Å². The predicted molar refractivity (Wildman–Crippen MR) is 87.8 cm³/mol. The Labute approximate surface area is 133 Å². The predicted octanol–water partition coefficient (Wildman–Crippen LogP) is 2.97. The maximum atomic E-state index is 11.8. The Bertz CT molecular complexity index is 448. The number of carbonyl (C=O) groups excluding carboxylic acids is 1. The highest BCUT2D eigenvalue weighted by atomic mass is 35.5. The van der Waals surface area contributed by atoms with Crippen molar-refractivity contribution < 1.29 is 9.53 Å². The van der Waals surface area contributed by atoms with Crippen LogP contribution in [0.25, 0.3) is 0 Å². The van der Waals surface area contributed by atoms with Gasteiger partial charge in [-0.05, 0) is 56.8 Å². The van der Waals surface area contributed by atoms with Crippen LogP contribution in [0.2, 0.25) is 0 Å². The molecule has 118 valence electrons. The molecule has 0 bridgehead atoms. The summed E-state index contributed by atoms with van der Waals surface area (Å²) in [6.45, 7) is 5.93. The Kier molecular flexibility index (Phi) is 7.72. The van der Waals surface area contributed by atoms with E-state index in [1.807, 2.05) is 38.1 Å². The van der Waals surface area contributed by atoms with Gasteiger partial charge in [0, 0.05) is 5.69 Å². The Morgan fingerprint density at radius 3 is 2.81 bits per heavy atom. The van der Waals surface area contributed by atoms with Gasteiger partial charge in [0.25, 0.3) is 0 Å². The number of rotatable bonds is 8. The van der Waals surface area contributed by atoms with E-state index in [1.54, 1.807) is 0 Å². The van der Waals surface area contributed by atoms with Crippen molar-refractivity contribution in [2.24, 2.45) is 5.92 Å². The van der Waals surface area contributed by atoms with Crippen molar-refractivity contribution in [1.82, 2.24) is 5.32 Å². The number of halogens is 1. The highest BCUT2D eigenvalue weighted by Gasteiger charge is 2.20. The topological polar surface area (TPSA) is 50.4 Å². The number of benzene rings is 1. The number of anilines is 1. The van der Waals surface area contributed by atoms with Gasteiger partial charge in [-0.1, -0.05) is 12.1 Å². The quantitative estimate of drug-likeness (QED) is 0.776. The van der Waals surface area contributed by atoms with Gasteiger partial charge in [-0.15, -0.1) is 12.4 Å². The highest BCUT2D eigenvalue weighted by molar-refractivity contribution is 5.92. The van der Waals surface area contributed by atoms with Crippen LogP contribution in [0.5, 0.6) is 0 Å². The molecule has 1 aromatic carbocycles. The average Bonchev–Trinajstić information content (AvgIpc) is 3.21. The second kappa shape index (κ2) is 9.03. The molecule has 2 N–H and O–H groups in total. The van der Waals surface area contributed by atoms with Crippen molar-refractivity contribution in [2.45, 2.75) is 39.4 Å². The zero-order valence-electron chi connectivity index (χ0n) is 12.7. The minimum Gasteiger partial charge on any atom is -0.374 e. The summed E-state index contributed by atoms with van der Waals surface area (Å²) in [5.41, 5.74) is 1.90. The van der Waals surface area contributed by atoms with E-state index in [1.165, 1.54) is 12.8 Å². The third-order valence-electron chi connectivity index (χ3n) is 3.21. The maximum Gasteiger partial charge on any atom is 0.238 e. The van der Waals surface area contributed by atoms with Gasteiger partial charge in [0.05, 0.1) is 19.3 Å². The Balaban J connectivity index is 0.00000220. The van der Waals surface area contributed by atoms with E-state index in [4.69, 9.17) is 4.74 Å². The van der Waals surface area contributed by atoms with Crippen LogP contribution in [-0.2, 0) is 16.1 Å². The molecule has 2 rings (SSSR count). The van der Waals surface area contributed by atoms with Crippen LogP contribution >= 0.6 is 12.4 Å². The molecule has 0 aliphatic heterocycles. The summed E-state index contributed by atoms with van der Waals surface area (Å²) in [7, 11) is 0. The molecule has 1 aliphatic carbocycles. The average molecular weight is 313 g/mol. The maximum absolute atomic E-state index is 11.8. The molecule has 1 aromatic rings. The fourth-order valence-corrected chi connectivity index (χ4v) is 1.92. The van der Waals surface area contributed by atoms with E-state index >= 15 is 0 Å². The van der Waals surface area contributed by atoms with Crippen LogP contribution in [-0.4, -0.2) is 25.1 Å². The molecule has 1 aliphatic rings. The molecule has 1 amide bonds. The lowest BCUT2D eigenvalue weighted by Crippen LogP contribution is -2.29. The molecule has 1 saturated carbocycles. The van der Waals surface area contributed by atoms with Gasteiger partial charge in [-0.3, -0.25) is 4.79 Å². The van der Waals surface area contributed by atoms with Gasteiger partial charge in [-0.25, -0.2) is 0 Å². The Morgan fingerprint density at radius 2 is 2.14 bits per heavy atom. The minimum atomic E-state index is 0. The summed E-state index contributed by atoms with van der Waals surface area (Å²) in [6.07, 6.45) is 2.80. The zero-order chi connectivity index (χ0) is 14.4. The van der Waals surface area contributed by atoms with Crippen molar-refractivity contribution in [3.63, 3.8) is 0 Å². The molecule has 0 saturated heterocycles. The molecule has 21 heavy (non-hydrogen) atoms. The lowest BCUT2D eigenvalue weighted by molar-refractivity contribution is -0.115. The first-order chi connectivity index (χ1) is 9.63. The third kappa shape index (κ3) is 7.46. The fourth-order valence-electron chi connectivity index (χ4n) is 1.92. The second-order valence-corrected chi connectivity index (χ2v) is 5.68. The first-order valence-electron chi connectivity index (χ1n) is 7.34. The van der Waals surface area contributed by atoms with Crippen LogP contribution in [0.3, 0.4) is 0 Å². The first-order valence-corrected chi connectivity index (χ1v) is 7.34. The normalized spacial score (nSPS) is 13.9. The molecule has 0 radical (unpaired) electrons. The van der Waals surface area contributed by atoms with Crippen LogP contribution < -0.4 is 10.6 Å². The number of amides is 1. The SMILES string of the molecule is CC(C)OCc1cccc(NC(=O)CNCC2CC2)c1.Cl. The van der Waals surface area contributed by atoms with E-state index in [2.05, 4.69) is 10.6 Å². The largest absolute Gasteiger partial charge is 0.374 e. The second-order valence-electron chi connectivity index (χ2n) is 5.68. The van der Waals surface area contributed by atoms with E-state index in [9.17, 15) is 4.79 Å². The van der Waals surface area contributed by atoms with Crippen molar-refractivity contribution in [1.29, 1.82) is 0 Å². The van der Waals surface area contributed by atoms with Gasteiger partial charge in [-0.2, -0.15) is 0 Å². The van der Waals surface area contributed by atoms with Crippen LogP contribution in [0.1, 0.15) is 32.3 Å². The van der Waals surface area contributed by atoms with Crippen molar-refractivity contribution in [3.8, 4) is 0 Å². The van der Waals surface area contributed by atoms with E-state index in [-0.39, 0.29) is 24.4 Å². The summed E-state index contributed by atoms with van der Waals surface area (Å²) in [4.78, 5) is 11.8. The highest BCUT2D eigenvalue weighted by Crippen LogP contribution is 2.27. The van der Waals surface area contributed by atoms with Crippen molar-refractivity contribution in [3.05, 3.63) is 29.8 Å². The molecular weight excluding hydrogens is 288 g/mol. The van der Waals surface area contributed by atoms with Gasteiger partial charge in [0.2, 0.25) is 5.91 Å². The molecular formula is C16H25ClN2O2. The van der Waals surface area contributed by atoms with Gasteiger partial charge >= 0.3 is 0 Å². The lowest BCUT2D eigenvalue weighted by Gasteiger charge is -2.10. The van der Waals surface area contributed by atoms with Gasteiger partial charge in [0.1, 0.15) is 0 Å². The van der Waals surface area contributed by atoms with Crippen molar-refractivity contribution >= 4 is 24.0 Å². The third-order valence-corrected chi connectivity index (χ3v) is 3.21. The number of carbonyl (C=O) groups is 1. The molecule has 4 nitrogen and oxygen atoms in total. The van der Waals surface area contributed by atoms with Crippen LogP contribution in [0.4, 0.5) is 5.69 Å². The summed E-state index contributed by atoms with van der Waals surface area (Å²) in [5.74, 6) is 0.798. The van der Waals surface area contributed by atoms with E-state index < -0.39 is 0 Å². The molecule has 0 atom stereocenters. The molecule has 0 aromatic heterocycles. The summed E-state index contributed by atoms with van der Waals surface area (Å²) < 4.78 is 5.56. The summed E-state index contributed by atoms with van der Waals surface area (Å²) in [5, 5.41) is 6.09. The first kappa shape index (κ1) is 18.0. The number of ether oxygens (including phenoxy) is 1. The van der Waals surface area contributed by atoms with Crippen LogP contribution in [0, 0.1) is 5.92 Å². The standard InChI is InChI=1S/C16H24N2O2.ClH/c1-12(2)20-11-14-4-3-5-15(8-14)18-16(19)10-17-9-13-6-7-13;/h3-5,8,12-13,17H,6-7,9-11H2,1-2H3,(H,18,19);1H. The fraction of sp³-hybridized carbons (Fsp3) is 0.562. The zero-order valence-corrected chi connectivity index (χ0v) is 13.5. The summed E-state index contributed by atoms with van der Waals surface area (Å²) in [6, 6.07) is 7.80. The Morgan fingerprint density at radius 1 is 1.38 bits per heavy atom. The monoisotopic (exact) mass is 312 g/mol. The molecule has 5 heteroatoms. The summed E-state index contributed by atoms with van der Waals surface area (Å²) >= 11 is 0. The molecule has 0 heterocycles. The lowest BCUT2D eigenvalue weighted by atomic mass is 10.2. The van der Waals surface area contributed by atoms with Gasteiger partial charge < -0.3 is 15.4 Å². The van der Waals surface area contributed by atoms with Gasteiger partial charge in [0.15, 0.2) is 0 Å².